The minimum atomic E-state index is -0.00868. The van der Waals surface area contributed by atoms with Gasteiger partial charge in [-0.05, 0) is 48.7 Å². The number of pyridine rings is 1. The summed E-state index contributed by atoms with van der Waals surface area (Å²) in [5.41, 5.74) is 2.83. The lowest BCUT2D eigenvalue weighted by atomic mass is 10.2. The number of aryl methyl sites for hydroxylation is 2. The number of aliphatic hydroxyl groups is 1. The minimum Gasteiger partial charge on any atom is -0.439 e. The van der Waals surface area contributed by atoms with Gasteiger partial charge in [0.05, 0.1) is 6.61 Å². The highest BCUT2D eigenvalue weighted by Gasteiger charge is 2.05. The van der Waals surface area contributed by atoms with Gasteiger partial charge >= 0.3 is 0 Å². The summed E-state index contributed by atoms with van der Waals surface area (Å²) in [6, 6.07) is 9.43. The largest absolute Gasteiger partial charge is 0.439 e. The zero-order valence-corrected chi connectivity index (χ0v) is 12.6. The summed E-state index contributed by atoms with van der Waals surface area (Å²) >= 11 is 3.46. The average Bonchev–Trinajstić information content (AvgIpc) is 2.42. The number of nitrogens with zero attached hydrogens (tertiary/aromatic N) is 1. The van der Waals surface area contributed by atoms with Gasteiger partial charge in [0.1, 0.15) is 5.75 Å². The van der Waals surface area contributed by atoms with Crippen molar-refractivity contribution in [3.63, 3.8) is 0 Å². The summed E-state index contributed by atoms with van der Waals surface area (Å²) in [6.07, 6.45) is 0.809. The van der Waals surface area contributed by atoms with E-state index in [1.165, 1.54) is 0 Å². The number of aromatic nitrogens is 1. The van der Waals surface area contributed by atoms with Crippen LogP contribution in [0.15, 0.2) is 34.8 Å². The molecule has 0 aliphatic carbocycles. The highest BCUT2D eigenvalue weighted by atomic mass is 79.9. The molecule has 0 aliphatic rings. The van der Waals surface area contributed by atoms with E-state index in [1.54, 1.807) is 6.07 Å². The molecule has 2 aromatic rings. The maximum absolute atomic E-state index is 9.24. The molecule has 100 valence electrons. The van der Waals surface area contributed by atoms with Crippen molar-refractivity contribution >= 4 is 15.9 Å². The molecule has 1 heterocycles. The molecule has 0 unspecified atom stereocenters. The smallest absolute Gasteiger partial charge is 0.219 e. The predicted molar refractivity (Wildman–Crippen MR) is 78.5 cm³/mol. The van der Waals surface area contributed by atoms with Gasteiger partial charge in [0.2, 0.25) is 5.88 Å². The highest BCUT2D eigenvalue weighted by Crippen LogP contribution is 2.26. The van der Waals surface area contributed by atoms with Crippen LogP contribution in [0.4, 0.5) is 0 Å². The van der Waals surface area contributed by atoms with E-state index in [2.05, 4.69) is 20.9 Å². The second kappa shape index (κ2) is 6.17. The molecule has 0 radical (unpaired) electrons. The van der Waals surface area contributed by atoms with Crippen LogP contribution in [0.25, 0.3) is 0 Å². The molecule has 0 atom stereocenters. The molecular formula is C15H16BrNO2. The average molecular weight is 322 g/mol. The van der Waals surface area contributed by atoms with E-state index in [1.807, 2.05) is 38.1 Å². The van der Waals surface area contributed by atoms with Crippen LogP contribution in [-0.4, -0.2) is 10.1 Å². The predicted octanol–water partition coefficient (Wildman–Crippen LogP) is 4.00. The van der Waals surface area contributed by atoms with Crippen LogP contribution in [0.1, 0.15) is 23.7 Å². The van der Waals surface area contributed by atoms with E-state index < -0.39 is 0 Å². The van der Waals surface area contributed by atoms with Gasteiger partial charge in [0.25, 0.3) is 0 Å². The molecule has 1 aromatic heterocycles. The van der Waals surface area contributed by atoms with Crippen LogP contribution < -0.4 is 4.74 Å². The van der Waals surface area contributed by atoms with E-state index in [0.717, 1.165) is 33.5 Å². The number of rotatable bonds is 4. The lowest BCUT2D eigenvalue weighted by Crippen LogP contribution is -1.96. The van der Waals surface area contributed by atoms with Crippen molar-refractivity contribution in [1.82, 2.24) is 4.98 Å². The molecule has 4 heteroatoms. The number of hydrogen-bond donors (Lipinski definition) is 1. The summed E-state index contributed by atoms with van der Waals surface area (Å²) in [5, 5.41) is 9.24. The molecular weight excluding hydrogens is 306 g/mol. The monoisotopic (exact) mass is 321 g/mol. The Bertz CT molecular complexity index is 562. The summed E-state index contributed by atoms with van der Waals surface area (Å²) in [7, 11) is 0. The molecule has 0 aliphatic heterocycles. The molecule has 1 aromatic carbocycles. The Balaban J connectivity index is 2.29. The van der Waals surface area contributed by atoms with Gasteiger partial charge in [-0.2, -0.15) is 0 Å². The topological polar surface area (TPSA) is 42.4 Å². The molecule has 0 spiro atoms. The molecule has 3 nitrogen and oxygen atoms in total. The van der Waals surface area contributed by atoms with E-state index in [-0.39, 0.29) is 6.61 Å². The Morgan fingerprint density at radius 1 is 1.26 bits per heavy atom. The van der Waals surface area contributed by atoms with Gasteiger partial charge in [0, 0.05) is 16.2 Å². The lowest BCUT2D eigenvalue weighted by molar-refractivity contribution is 0.281. The van der Waals surface area contributed by atoms with Gasteiger partial charge in [-0.1, -0.05) is 22.9 Å². The first-order valence-corrected chi connectivity index (χ1v) is 6.96. The van der Waals surface area contributed by atoms with E-state index in [9.17, 15) is 5.11 Å². The third kappa shape index (κ3) is 3.55. The third-order valence-electron chi connectivity index (χ3n) is 2.81. The Labute approximate surface area is 121 Å². The lowest BCUT2D eigenvalue weighted by Gasteiger charge is -2.09. The van der Waals surface area contributed by atoms with Crippen molar-refractivity contribution in [3.8, 4) is 11.6 Å². The molecule has 0 amide bonds. The van der Waals surface area contributed by atoms with Crippen molar-refractivity contribution < 1.29 is 9.84 Å². The maximum atomic E-state index is 9.24. The molecule has 1 N–H and O–H groups in total. The van der Waals surface area contributed by atoms with Crippen LogP contribution in [-0.2, 0) is 13.0 Å². The fraction of sp³-hybridized carbons (Fsp3) is 0.267. The second-order valence-electron chi connectivity index (χ2n) is 4.33. The van der Waals surface area contributed by atoms with E-state index in [0.29, 0.717) is 5.88 Å². The Hall–Kier alpha value is -1.39. The van der Waals surface area contributed by atoms with Gasteiger partial charge in [0.15, 0.2) is 0 Å². The van der Waals surface area contributed by atoms with Crippen molar-refractivity contribution in [3.05, 3.63) is 51.6 Å². The molecule has 19 heavy (non-hydrogen) atoms. The number of ether oxygens (including phenoxy) is 1. The fourth-order valence-corrected chi connectivity index (χ4v) is 1.99. The zero-order chi connectivity index (χ0) is 13.8. The van der Waals surface area contributed by atoms with Gasteiger partial charge in [-0.15, -0.1) is 0 Å². The SMILES string of the molecule is CCc1cc(CO)cc(Oc2ccc(Br)c(C)c2)n1. The van der Waals surface area contributed by atoms with Crippen LogP contribution in [0.2, 0.25) is 0 Å². The van der Waals surface area contributed by atoms with Gasteiger partial charge < -0.3 is 9.84 Å². The quantitative estimate of drug-likeness (QED) is 0.925. The first-order chi connectivity index (χ1) is 9.12. The summed E-state index contributed by atoms with van der Waals surface area (Å²) < 4.78 is 6.80. The van der Waals surface area contributed by atoms with Gasteiger partial charge in [-0.25, -0.2) is 4.98 Å². The van der Waals surface area contributed by atoms with Gasteiger partial charge in [-0.3, -0.25) is 0 Å². The number of halogens is 1. The van der Waals surface area contributed by atoms with Crippen molar-refractivity contribution in [2.45, 2.75) is 26.9 Å². The summed E-state index contributed by atoms with van der Waals surface area (Å²) in [6.45, 7) is 4.02. The summed E-state index contributed by atoms with van der Waals surface area (Å²) in [5.74, 6) is 1.26. The number of aliphatic hydroxyl groups excluding tert-OH is 1. The Morgan fingerprint density at radius 3 is 2.68 bits per heavy atom. The third-order valence-corrected chi connectivity index (χ3v) is 3.70. The fourth-order valence-electron chi connectivity index (χ4n) is 1.75. The molecule has 0 bridgehead atoms. The molecule has 2 rings (SSSR count). The number of benzene rings is 1. The van der Waals surface area contributed by atoms with E-state index in [4.69, 9.17) is 4.74 Å². The van der Waals surface area contributed by atoms with Crippen LogP contribution in [0.5, 0.6) is 11.6 Å². The normalized spacial score (nSPS) is 10.5. The van der Waals surface area contributed by atoms with Crippen LogP contribution in [0, 0.1) is 6.92 Å². The number of hydrogen-bond acceptors (Lipinski definition) is 3. The summed E-state index contributed by atoms with van der Waals surface area (Å²) in [4.78, 5) is 4.40. The van der Waals surface area contributed by atoms with Crippen molar-refractivity contribution in [2.24, 2.45) is 0 Å². The van der Waals surface area contributed by atoms with Crippen molar-refractivity contribution in [2.75, 3.05) is 0 Å². The molecule has 0 saturated carbocycles. The minimum absolute atomic E-state index is 0.00868. The standard InChI is InChI=1S/C15H16BrNO2/c1-3-12-7-11(9-18)8-15(17-12)19-13-4-5-14(16)10(2)6-13/h4-8,18H,3,9H2,1-2H3. The Morgan fingerprint density at radius 2 is 2.05 bits per heavy atom. The highest BCUT2D eigenvalue weighted by molar-refractivity contribution is 9.10. The van der Waals surface area contributed by atoms with Crippen LogP contribution in [0.3, 0.4) is 0 Å². The molecule has 0 fully saturated rings. The maximum Gasteiger partial charge on any atom is 0.219 e. The zero-order valence-electron chi connectivity index (χ0n) is 11.0. The molecule has 0 saturated heterocycles. The first kappa shape index (κ1) is 14.0. The van der Waals surface area contributed by atoms with Crippen molar-refractivity contribution in [1.29, 1.82) is 0 Å². The Kier molecular flexibility index (Phi) is 4.56. The first-order valence-electron chi connectivity index (χ1n) is 6.17. The van der Waals surface area contributed by atoms with E-state index >= 15 is 0 Å². The second-order valence-corrected chi connectivity index (χ2v) is 5.18. The van der Waals surface area contributed by atoms with Crippen LogP contribution >= 0.6 is 15.9 Å².